The van der Waals surface area contributed by atoms with Crippen molar-refractivity contribution in [3.63, 3.8) is 0 Å². The van der Waals surface area contributed by atoms with E-state index in [1.165, 1.54) is 12.1 Å². The van der Waals surface area contributed by atoms with E-state index in [0.29, 0.717) is 17.7 Å². The van der Waals surface area contributed by atoms with Gasteiger partial charge in [-0.1, -0.05) is 42.5 Å². The van der Waals surface area contributed by atoms with Crippen LogP contribution in [-0.4, -0.2) is 85.8 Å². The van der Waals surface area contributed by atoms with Gasteiger partial charge in [0.25, 0.3) is 0 Å². The molecule has 0 aliphatic heterocycles. The zero-order chi connectivity index (χ0) is 31.4. The predicted molar refractivity (Wildman–Crippen MR) is 136 cm³/mol. The van der Waals surface area contributed by atoms with Gasteiger partial charge < -0.3 is 29.5 Å². The topological polar surface area (TPSA) is 97.3 Å². The molecule has 0 aromatic heterocycles. The Balaban J connectivity index is 1.98. The quantitative estimate of drug-likeness (QED) is 0.240. The highest BCUT2D eigenvalue weighted by Crippen LogP contribution is 2.46. The van der Waals surface area contributed by atoms with Gasteiger partial charge in [-0.3, -0.25) is 0 Å². The van der Waals surface area contributed by atoms with Gasteiger partial charge in [0.2, 0.25) is 0 Å². The molecule has 2 rings (SSSR count). The summed E-state index contributed by atoms with van der Waals surface area (Å²) in [7, 11) is 0. The first-order chi connectivity index (χ1) is 19.7. The molecular weight excluding hydrogens is 581 g/mol. The standard InChI is InChI=1S/C27H31F7N2O6/c1-2-40-22(23(37)38)18-20-8-10-21(11-9-20)41-16-14-36(24(39)35-13-12-19-6-4-3-5-7-19)15-17-42-27(33,34)25(28,29)26(30,31)32/h3-11,22H,2,12-18H2,1H3,(H,35,39)(H,37,38). The lowest BCUT2D eigenvalue weighted by molar-refractivity contribution is -0.423. The third kappa shape index (κ3) is 10.4. The Morgan fingerprint density at radius 3 is 2.10 bits per heavy atom. The number of nitrogens with one attached hydrogen (secondary N) is 1. The molecule has 2 N–H and O–H groups in total. The number of carboxylic acid groups (broad SMARTS) is 1. The molecule has 0 fully saturated rings. The molecule has 0 saturated heterocycles. The lowest BCUT2D eigenvalue weighted by Gasteiger charge is -2.29. The largest absolute Gasteiger partial charge is 0.492 e. The van der Waals surface area contributed by atoms with Crippen molar-refractivity contribution in [1.29, 1.82) is 0 Å². The summed E-state index contributed by atoms with van der Waals surface area (Å²) in [5.41, 5.74) is 1.51. The van der Waals surface area contributed by atoms with E-state index >= 15 is 0 Å². The van der Waals surface area contributed by atoms with Crippen LogP contribution in [0.15, 0.2) is 54.6 Å². The minimum atomic E-state index is -6.55. The molecule has 1 unspecified atom stereocenters. The third-order valence-electron chi connectivity index (χ3n) is 5.80. The molecule has 0 spiro atoms. The molecule has 0 radical (unpaired) electrons. The van der Waals surface area contributed by atoms with Crippen molar-refractivity contribution in [2.45, 2.75) is 44.1 Å². The molecule has 0 aliphatic rings. The fraction of sp³-hybridized carbons (Fsp3) is 0.481. The third-order valence-corrected chi connectivity index (χ3v) is 5.80. The van der Waals surface area contributed by atoms with Crippen molar-refractivity contribution in [1.82, 2.24) is 10.2 Å². The van der Waals surface area contributed by atoms with Crippen molar-refractivity contribution in [2.24, 2.45) is 0 Å². The van der Waals surface area contributed by atoms with E-state index in [1.807, 2.05) is 0 Å². The molecule has 42 heavy (non-hydrogen) atoms. The predicted octanol–water partition coefficient (Wildman–Crippen LogP) is 5.16. The van der Waals surface area contributed by atoms with E-state index in [0.717, 1.165) is 10.5 Å². The summed E-state index contributed by atoms with van der Waals surface area (Å²) in [6.07, 6.45) is -13.0. The van der Waals surface area contributed by atoms with Crippen LogP contribution in [0.3, 0.4) is 0 Å². The van der Waals surface area contributed by atoms with Crippen LogP contribution in [0, 0.1) is 0 Å². The Kier molecular flexibility index (Phi) is 12.8. The van der Waals surface area contributed by atoms with Crippen molar-refractivity contribution in [3.8, 4) is 5.75 Å². The Labute approximate surface area is 237 Å². The number of nitrogens with zero attached hydrogens (tertiary/aromatic N) is 1. The average Bonchev–Trinajstić information content (AvgIpc) is 2.92. The fourth-order valence-electron chi connectivity index (χ4n) is 3.55. The highest BCUT2D eigenvalue weighted by molar-refractivity contribution is 5.74. The van der Waals surface area contributed by atoms with Crippen LogP contribution in [0.5, 0.6) is 5.75 Å². The van der Waals surface area contributed by atoms with Gasteiger partial charge in [-0.25, -0.2) is 9.59 Å². The summed E-state index contributed by atoms with van der Waals surface area (Å²) in [4.78, 5) is 24.8. The number of halogens is 7. The van der Waals surface area contributed by atoms with E-state index in [4.69, 9.17) is 9.47 Å². The lowest BCUT2D eigenvalue weighted by Crippen LogP contribution is -2.54. The summed E-state index contributed by atoms with van der Waals surface area (Å²) in [6.45, 7) is -0.575. The summed E-state index contributed by atoms with van der Waals surface area (Å²) >= 11 is 0. The monoisotopic (exact) mass is 612 g/mol. The molecule has 0 saturated carbocycles. The van der Waals surface area contributed by atoms with E-state index in [1.54, 1.807) is 49.4 Å². The number of hydrogen-bond donors (Lipinski definition) is 2. The summed E-state index contributed by atoms with van der Waals surface area (Å²) in [6, 6.07) is 14.4. The SMILES string of the molecule is CCOC(Cc1ccc(OCCN(CCOC(F)(F)C(F)(F)C(F)(F)F)C(=O)NCCc2ccccc2)cc1)C(=O)O. The number of ether oxygens (including phenoxy) is 3. The number of rotatable bonds is 17. The Hall–Kier alpha value is -3.59. The van der Waals surface area contributed by atoms with Crippen LogP contribution in [-0.2, 0) is 27.1 Å². The number of hydrogen-bond acceptors (Lipinski definition) is 5. The Bertz CT molecular complexity index is 1120. The highest BCUT2D eigenvalue weighted by atomic mass is 19.4. The number of aliphatic carboxylic acids is 1. The lowest BCUT2D eigenvalue weighted by atomic mass is 10.1. The maximum atomic E-state index is 13.5. The molecular formula is C27H31F7N2O6. The minimum absolute atomic E-state index is 0.0956. The maximum absolute atomic E-state index is 13.5. The smallest absolute Gasteiger partial charge is 0.462 e. The summed E-state index contributed by atoms with van der Waals surface area (Å²) in [5, 5.41) is 11.7. The van der Waals surface area contributed by atoms with Crippen LogP contribution in [0.25, 0.3) is 0 Å². The van der Waals surface area contributed by atoms with Gasteiger partial charge in [0, 0.05) is 26.1 Å². The van der Waals surface area contributed by atoms with Gasteiger partial charge in [-0.05, 0) is 36.6 Å². The average molecular weight is 613 g/mol. The second-order valence-electron chi connectivity index (χ2n) is 8.87. The van der Waals surface area contributed by atoms with Gasteiger partial charge in [-0.2, -0.15) is 30.7 Å². The maximum Gasteiger partial charge on any atom is 0.462 e. The molecule has 0 aliphatic carbocycles. The zero-order valence-electron chi connectivity index (χ0n) is 22.5. The summed E-state index contributed by atoms with van der Waals surface area (Å²) < 4.78 is 105. The van der Waals surface area contributed by atoms with Gasteiger partial charge in [0.1, 0.15) is 12.4 Å². The van der Waals surface area contributed by atoms with Gasteiger partial charge in [0.15, 0.2) is 6.10 Å². The number of carbonyl (C=O) groups excluding carboxylic acids is 1. The first kappa shape index (κ1) is 34.6. The summed E-state index contributed by atoms with van der Waals surface area (Å²) in [5.74, 6) is -7.26. The molecule has 2 aromatic carbocycles. The minimum Gasteiger partial charge on any atom is -0.492 e. The zero-order valence-corrected chi connectivity index (χ0v) is 22.5. The van der Waals surface area contributed by atoms with E-state index in [-0.39, 0.29) is 32.7 Å². The van der Waals surface area contributed by atoms with Crippen LogP contribution in [0.4, 0.5) is 35.5 Å². The second-order valence-corrected chi connectivity index (χ2v) is 8.87. The molecule has 2 amide bonds. The highest BCUT2D eigenvalue weighted by Gasteiger charge is 2.74. The number of benzene rings is 2. The molecule has 234 valence electrons. The van der Waals surface area contributed by atoms with Crippen LogP contribution in [0.2, 0.25) is 0 Å². The van der Waals surface area contributed by atoms with Crippen molar-refractivity contribution in [3.05, 3.63) is 65.7 Å². The van der Waals surface area contributed by atoms with Crippen LogP contribution in [0.1, 0.15) is 18.1 Å². The number of amides is 2. The molecule has 0 bridgehead atoms. The number of urea groups is 1. The van der Waals surface area contributed by atoms with Gasteiger partial charge in [-0.15, -0.1) is 0 Å². The van der Waals surface area contributed by atoms with E-state index in [2.05, 4.69) is 10.1 Å². The normalized spacial score (nSPS) is 13.0. The number of carbonyl (C=O) groups is 2. The molecule has 1 atom stereocenters. The number of alkyl halides is 7. The number of carboxylic acids is 1. The van der Waals surface area contributed by atoms with Crippen LogP contribution < -0.4 is 10.1 Å². The van der Waals surface area contributed by atoms with E-state index < -0.39 is 49.5 Å². The second kappa shape index (κ2) is 15.6. The van der Waals surface area contributed by atoms with Gasteiger partial charge in [0.05, 0.1) is 13.2 Å². The Morgan fingerprint density at radius 1 is 0.905 bits per heavy atom. The fourth-order valence-corrected chi connectivity index (χ4v) is 3.55. The first-order valence-electron chi connectivity index (χ1n) is 12.8. The molecule has 8 nitrogen and oxygen atoms in total. The molecule has 15 heteroatoms. The molecule has 2 aromatic rings. The van der Waals surface area contributed by atoms with Gasteiger partial charge >= 0.3 is 30.2 Å². The Morgan fingerprint density at radius 2 is 1.52 bits per heavy atom. The van der Waals surface area contributed by atoms with Crippen molar-refractivity contribution < 1.29 is 59.6 Å². The van der Waals surface area contributed by atoms with Crippen molar-refractivity contribution >= 4 is 12.0 Å². The van der Waals surface area contributed by atoms with E-state index in [9.17, 15) is 45.4 Å². The molecule has 0 heterocycles. The van der Waals surface area contributed by atoms with Crippen molar-refractivity contribution in [2.75, 3.05) is 39.5 Å². The van der Waals surface area contributed by atoms with Crippen LogP contribution >= 0.6 is 0 Å². The first-order valence-corrected chi connectivity index (χ1v) is 12.8.